The van der Waals surface area contributed by atoms with E-state index in [0.29, 0.717) is 48.1 Å². The van der Waals surface area contributed by atoms with Crippen LogP contribution in [-0.4, -0.2) is 65.4 Å². The van der Waals surface area contributed by atoms with Gasteiger partial charge in [-0.2, -0.15) is 0 Å². The van der Waals surface area contributed by atoms with E-state index < -0.39 is 34.9 Å². The van der Waals surface area contributed by atoms with Crippen molar-refractivity contribution in [3.63, 3.8) is 0 Å². The van der Waals surface area contributed by atoms with Crippen molar-refractivity contribution in [2.24, 2.45) is 7.05 Å². The number of halogens is 3. The van der Waals surface area contributed by atoms with Gasteiger partial charge in [0, 0.05) is 42.6 Å². The van der Waals surface area contributed by atoms with E-state index in [1.54, 1.807) is 52.1 Å². The predicted molar refractivity (Wildman–Crippen MR) is 165 cm³/mol. The lowest BCUT2D eigenvalue weighted by Gasteiger charge is -2.40. The van der Waals surface area contributed by atoms with Crippen LogP contribution in [0, 0.1) is 23.5 Å². The average molecular weight is 639 g/mol. The highest BCUT2D eigenvalue weighted by molar-refractivity contribution is 6.36. The Morgan fingerprint density at radius 2 is 1.78 bits per heavy atom. The molecule has 2 aromatic carbocycles. The number of nitrogens with zero attached hydrogens (tertiary/aromatic N) is 4. The number of ether oxygens (including phenoxy) is 1. The van der Waals surface area contributed by atoms with Crippen molar-refractivity contribution in [1.82, 2.24) is 19.7 Å². The Morgan fingerprint density at radius 3 is 2.40 bits per heavy atom. The molecule has 4 aromatic rings. The topological polar surface area (TPSA) is 121 Å². The lowest BCUT2D eigenvalue weighted by Crippen LogP contribution is -2.48. The molecule has 3 heterocycles. The minimum atomic E-state index is -1.27. The quantitative estimate of drug-likeness (QED) is 0.222. The second-order valence-corrected chi connectivity index (χ2v) is 12.5. The number of benzene rings is 2. The van der Waals surface area contributed by atoms with E-state index in [0.717, 1.165) is 18.2 Å². The first-order valence-corrected chi connectivity index (χ1v) is 14.7. The van der Waals surface area contributed by atoms with Gasteiger partial charge in [-0.15, -0.1) is 5.10 Å². The van der Waals surface area contributed by atoms with Gasteiger partial charge in [0.15, 0.2) is 0 Å². The monoisotopic (exact) mass is 638 g/mol. The van der Waals surface area contributed by atoms with Gasteiger partial charge in [0.25, 0.3) is 0 Å². The molecule has 1 atom stereocenters. The molecule has 1 unspecified atom stereocenters. The van der Waals surface area contributed by atoms with Gasteiger partial charge in [0.2, 0.25) is 5.88 Å². The average Bonchev–Trinajstić information content (AvgIpc) is 3.25. The second-order valence-electron chi connectivity index (χ2n) is 12.1. The lowest BCUT2D eigenvalue weighted by molar-refractivity contribution is -0.0262. The zero-order valence-corrected chi connectivity index (χ0v) is 26.0. The molecule has 0 radical (unpaired) electrons. The number of carboxylic acid groups (broad SMARTS) is 1. The van der Waals surface area contributed by atoms with E-state index in [2.05, 4.69) is 16.9 Å². The van der Waals surface area contributed by atoms with Gasteiger partial charge in [-0.05, 0) is 69.0 Å². The number of hydrogen-bond donors (Lipinski definition) is 3. The molecule has 236 valence electrons. The first kappa shape index (κ1) is 32.2. The molecule has 2 aromatic heterocycles. The van der Waals surface area contributed by atoms with Gasteiger partial charge < -0.3 is 20.1 Å². The van der Waals surface area contributed by atoms with Gasteiger partial charge in [0.05, 0.1) is 40.9 Å². The molecule has 1 saturated heterocycles. The Hall–Kier alpha value is -4.24. The summed E-state index contributed by atoms with van der Waals surface area (Å²) < 4.78 is 35.6. The molecule has 0 spiro atoms. The summed E-state index contributed by atoms with van der Waals surface area (Å²) in [5.74, 6) is 3.97. The molecule has 3 N–H and O–H groups in total. The number of aromatic hydroxyl groups is 1. The van der Waals surface area contributed by atoms with Gasteiger partial charge >= 0.3 is 6.09 Å². The summed E-state index contributed by atoms with van der Waals surface area (Å²) in [6.45, 7) is 5.86. The molecule has 0 aliphatic carbocycles. The smallest absolute Gasteiger partial charge is 0.408 e. The van der Waals surface area contributed by atoms with Crippen molar-refractivity contribution in [3.8, 4) is 28.8 Å². The number of aliphatic hydroxyl groups is 1. The fraction of sp³-hybridized carbons (Fsp3) is 0.364. The summed E-state index contributed by atoms with van der Waals surface area (Å²) in [5.41, 5.74) is -0.0879. The van der Waals surface area contributed by atoms with Crippen LogP contribution in [0.3, 0.4) is 0 Å². The van der Waals surface area contributed by atoms with E-state index in [1.807, 2.05) is 0 Å². The van der Waals surface area contributed by atoms with Gasteiger partial charge in [-0.3, -0.25) is 9.58 Å². The normalized spacial score (nSPS) is 15.4. The van der Waals surface area contributed by atoms with E-state index in [1.165, 1.54) is 9.58 Å². The molecule has 12 heteroatoms. The Bertz CT molecular complexity index is 1820. The Kier molecular flexibility index (Phi) is 8.77. The van der Waals surface area contributed by atoms with Crippen LogP contribution >= 0.6 is 11.6 Å². The molecule has 9 nitrogen and oxygen atoms in total. The van der Waals surface area contributed by atoms with Crippen molar-refractivity contribution in [2.75, 3.05) is 13.2 Å². The zero-order valence-electron chi connectivity index (χ0n) is 25.2. The molecule has 5 rings (SSSR count). The van der Waals surface area contributed by atoms with Gasteiger partial charge in [-0.25, -0.2) is 18.6 Å². The molecule has 1 amide bonds. The summed E-state index contributed by atoms with van der Waals surface area (Å²) in [5, 5.41) is 36.7. The predicted octanol–water partition coefficient (Wildman–Crippen LogP) is 6.23. The number of rotatable bonds is 5. The fourth-order valence-electron chi connectivity index (χ4n) is 5.77. The second kappa shape index (κ2) is 12.3. The third kappa shape index (κ3) is 6.73. The number of pyridine rings is 1. The third-order valence-electron chi connectivity index (χ3n) is 7.78. The van der Waals surface area contributed by atoms with Crippen LogP contribution in [0.2, 0.25) is 5.02 Å². The number of amides is 1. The first-order chi connectivity index (χ1) is 21.2. The summed E-state index contributed by atoms with van der Waals surface area (Å²) >= 11 is 6.44. The Balaban J connectivity index is 1.80. The number of fused-ring (bicyclic) bond motifs is 1. The van der Waals surface area contributed by atoms with Crippen molar-refractivity contribution >= 4 is 28.6 Å². The van der Waals surface area contributed by atoms with E-state index in [4.69, 9.17) is 21.3 Å². The van der Waals surface area contributed by atoms with E-state index >= 15 is 0 Å². The number of aromatic nitrogens is 3. The lowest BCUT2D eigenvalue weighted by atomic mass is 9.90. The van der Waals surface area contributed by atoms with Crippen LogP contribution in [0.4, 0.5) is 13.6 Å². The third-order valence-corrected chi connectivity index (χ3v) is 8.10. The Morgan fingerprint density at radius 1 is 1.13 bits per heavy atom. The van der Waals surface area contributed by atoms with Gasteiger partial charge in [-0.1, -0.05) is 23.6 Å². The van der Waals surface area contributed by atoms with Crippen LogP contribution in [-0.2, 0) is 18.2 Å². The van der Waals surface area contributed by atoms with E-state index in [9.17, 15) is 28.9 Å². The molecule has 1 fully saturated rings. The maximum atomic E-state index is 14.4. The minimum Gasteiger partial charge on any atom is -0.492 e. The van der Waals surface area contributed by atoms with Crippen LogP contribution < -0.4 is 0 Å². The van der Waals surface area contributed by atoms with Crippen molar-refractivity contribution < 1.29 is 33.6 Å². The van der Waals surface area contributed by atoms with Crippen LogP contribution in [0.25, 0.3) is 22.0 Å². The molecule has 45 heavy (non-hydrogen) atoms. The number of hydrogen-bond acceptors (Lipinski definition) is 6. The highest BCUT2D eigenvalue weighted by Gasteiger charge is 2.37. The van der Waals surface area contributed by atoms with Crippen LogP contribution in [0.15, 0.2) is 42.5 Å². The first-order valence-electron chi connectivity index (χ1n) is 14.3. The standard InChI is InChI=1S/C33H33ClF2N4O5/c1-32(2,3)40(31(42)43)26(17-19-15-20(35)18-21(36)16-19)28-23(24-7-8-25(34)27-29(24)39(4)38-30(27)41)6-5-22(37-28)9-10-33(44)11-13-45-14-12-33/h5-8,15-16,18,26,44H,11-14,17H2,1-4H3,(H,38,41)(H,42,43). The molecule has 1 aliphatic rings. The highest BCUT2D eigenvalue weighted by Crippen LogP contribution is 2.42. The molecular weight excluding hydrogens is 606 g/mol. The summed E-state index contributed by atoms with van der Waals surface area (Å²) in [6.07, 6.45) is -0.765. The van der Waals surface area contributed by atoms with Crippen LogP contribution in [0.1, 0.15) is 56.6 Å². The van der Waals surface area contributed by atoms with Crippen molar-refractivity contribution in [3.05, 3.63) is 76.1 Å². The number of aryl methyl sites for hydroxylation is 1. The Labute approximate surface area is 264 Å². The van der Waals surface area contributed by atoms with Crippen molar-refractivity contribution in [2.45, 2.75) is 57.2 Å². The molecule has 0 bridgehead atoms. The zero-order chi connectivity index (χ0) is 32.7. The maximum absolute atomic E-state index is 14.4. The van der Waals surface area contributed by atoms with Crippen LogP contribution in [0.5, 0.6) is 5.88 Å². The molecule has 1 aliphatic heterocycles. The summed E-state index contributed by atoms with van der Waals surface area (Å²) in [4.78, 5) is 19.0. The fourth-order valence-corrected chi connectivity index (χ4v) is 6.00. The molecular formula is C33H33ClF2N4O5. The van der Waals surface area contributed by atoms with E-state index in [-0.39, 0.29) is 34.3 Å². The summed E-state index contributed by atoms with van der Waals surface area (Å²) in [6, 6.07) is 8.65. The number of carbonyl (C=O) groups is 1. The maximum Gasteiger partial charge on any atom is 0.408 e. The highest BCUT2D eigenvalue weighted by atomic mass is 35.5. The van der Waals surface area contributed by atoms with Crippen molar-refractivity contribution in [1.29, 1.82) is 0 Å². The largest absolute Gasteiger partial charge is 0.492 e. The van der Waals surface area contributed by atoms with Gasteiger partial charge in [0.1, 0.15) is 22.9 Å². The minimum absolute atomic E-state index is 0.135. The summed E-state index contributed by atoms with van der Waals surface area (Å²) in [7, 11) is 1.63. The molecule has 0 saturated carbocycles. The SMILES string of the molecule is Cn1nc(O)c2c(Cl)ccc(-c3ccc(C#CC4(O)CCOCC4)nc3C(Cc3cc(F)cc(F)c3)N(C(=O)O)C(C)(C)C)c21.